The first-order chi connectivity index (χ1) is 16.9. The van der Waals surface area contributed by atoms with E-state index >= 15 is 0 Å². The number of rotatable bonds is 8. The lowest BCUT2D eigenvalue weighted by molar-refractivity contribution is -0.136. The number of carboxylic acid groups (broad SMARTS) is 1. The molecule has 1 aliphatic heterocycles. The molecule has 178 valence electrons. The molecule has 7 heteroatoms. The number of hydrogen-bond donors (Lipinski definition) is 1. The Morgan fingerprint density at radius 3 is 2.23 bits per heavy atom. The molecule has 1 heterocycles. The zero-order valence-electron chi connectivity index (χ0n) is 19.6. The largest absolute Gasteiger partial charge is 0.489 e. The van der Waals surface area contributed by atoms with Gasteiger partial charge in [-0.2, -0.15) is 0 Å². The van der Waals surface area contributed by atoms with Crippen LogP contribution in [-0.2, 0) is 29.0 Å². The Kier molecular flexibility index (Phi) is 7.67. The summed E-state index contributed by atoms with van der Waals surface area (Å²) in [6.07, 6.45) is 2.83. The SMILES string of the molecule is CCc1ccc(COc2ccc(/C=C3\S/C(=N/c4ccc(CC(=O)O)cc4)N(C)C3=O)cc2)cc1. The molecule has 1 amide bonds. The van der Waals surface area contributed by atoms with E-state index in [2.05, 4.69) is 36.2 Å². The summed E-state index contributed by atoms with van der Waals surface area (Å²) in [6, 6.07) is 23.0. The molecule has 0 unspecified atom stereocenters. The lowest BCUT2D eigenvalue weighted by atomic mass is 10.1. The molecule has 0 spiro atoms. The van der Waals surface area contributed by atoms with Crippen molar-refractivity contribution in [3.63, 3.8) is 0 Å². The van der Waals surface area contributed by atoms with Gasteiger partial charge in [-0.15, -0.1) is 0 Å². The molecule has 3 aromatic rings. The zero-order chi connectivity index (χ0) is 24.8. The Labute approximate surface area is 209 Å². The number of aryl methyl sites for hydroxylation is 1. The third kappa shape index (κ3) is 6.39. The summed E-state index contributed by atoms with van der Waals surface area (Å²) in [5.74, 6) is -0.230. The number of nitrogens with zero attached hydrogens (tertiary/aromatic N) is 2. The van der Waals surface area contributed by atoms with E-state index in [9.17, 15) is 9.59 Å². The first-order valence-electron chi connectivity index (χ1n) is 11.3. The van der Waals surface area contributed by atoms with E-state index in [1.54, 1.807) is 31.3 Å². The van der Waals surface area contributed by atoms with Crippen LogP contribution in [0.2, 0.25) is 0 Å². The van der Waals surface area contributed by atoms with Gasteiger partial charge >= 0.3 is 5.97 Å². The fourth-order valence-corrected chi connectivity index (χ4v) is 4.46. The van der Waals surface area contributed by atoms with E-state index in [0.29, 0.717) is 27.9 Å². The van der Waals surface area contributed by atoms with Gasteiger partial charge in [0.2, 0.25) is 0 Å². The number of aliphatic imine (C=N–C) groups is 1. The number of amidine groups is 1. The van der Waals surface area contributed by atoms with Crippen molar-refractivity contribution in [3.05, 3.63) is 100.0 Å². The van der Waals surface area contributed by atoms with Crippen LogP contribution in [0.4, 0.5) is 5.69 Å². The second-order valence-electron chi connectivity index (χ2n) is 8.13. The predicted octanol–water partition coefficient (Wildman–Crippen LogP) is 5.69. The molecule has 0 bridgehead atoms. The maximum Gasteiger partial charge on any atom is 0.307 e. The number of benzene rings is 3. The maximum atomic E-state index is 12.7. The van der Waals surface area contributed by atoms with Crippen LogP contribution in [0.5, 0.6) is 5.75 Å². The minimum atomic E-state index is -0.878. The summed E-state index contributed by atoms with van der Waals surface area (Å²) < 4.78 is 5.89. The standard InChI is InChI=1S/C28H26N2O4S/c1-3-19-4-6-22(7-5-19)18-34-24-14-10-20(11-15-24)16-25-27(33)30(2)28(35-25)29-23-12-8-21(9-13-23)17-26(31)32/h4-16H,3,17-18H2,1-2H3,(H,31,32)/b25-16-,29-28+. The van der Waals surface area contributed by atoms with Crippen LogP contribution in [0.15, 0.2) is 82.7 Å². The molecule has 3 aromatic carbocycles. The fraction of sp³-hybridized carbons (Fsp3) is 0.179. The summed E-state index contributed by atoms with van der Waals surface area (Å²) in [4.78, 5) is 30.2. The van der Waals surface area contributed by atoms with Crippen LogP contribution in [0.3, 0.4) is 0 Å². The summed E-state index contributed by atoms with van der Waals surface area (Å²) >= 11 is 1.31. The van der Waals surface area contributed by atoms with Crippen molar-refractivity contribution in [2.75, 3.05) is 7.05 Å². The minimum Gasteiger partial charge on any atom is -0.489 e. The lowest BCUT2D eigenvalue weighted by Gasteiger charge is -2.07. The lowest BCUT2D eigenvalue weighted by Crippen LogP contribution is -2.23. The highest BCUT2D eigenvalue weighted by Gasteiger charge is 2.30. The molecule has 0 radical (unpaired) electrons. The Morgan fingerprint density at radius 1 is 0.971 bits per heavy atom. The van der Waals surface area contributed by atoms with Gasteiger partial charge in [-0.25, -0.2) is 4.99 Å². The molecule has 4 rings (SSSR count). The number of likely N-dealkylation sites (N-methyl/N-ethyl adjacent to an activating group) is 1. The van der Waals surface area contributed by atoms with Crippen molar-refractivity contribution in [1.82, 2.24) is 4.90 Å². The first kappa shape index (κ1) is 24.3. The van der Waals surface area contributed by atoms with E-state index in [1.807, 2.05) is 30.3 Å². The van der Waals surface area contributed by atoms with Crippen LogP contribution in [0.1, 0.15) is 29.2 Å². The first-order valence-corrected chi connectivity index (χ1v) is 12.1. The third-order valence-electron chi connectivity index (χ3n) is 5.53. The van der Waals surface area contributed by atoms with Crippen molar-refractivity contribution in [3.8, 4) is 5.75 Å². The number of carbonyl (C=O) groups excluding carboxylic acids is 1. The van der Waals surface area contributed by atoms with Crippen LogP contribution in [0, 0.1) is 0 Å². The van der Waals surface area contributed by atoms with Gasteiger partial charge in [0, 0.05) is 7.05 Å². The van der Waals surface area contributed by atoms with Crippen molar-refractivity contribution < 1.29 is 19.4 Å². The molecular formula is C28H26N2O4S. The average molecular weight is 487 g/mol. The number of carbonyl (C=O) groups is 2. The smallest absolute Gasteiger partial charge is 0.307 e. The molecule has 0 aliphatic carbocycles. The molecule has 0 aromatic heterocycles. The van der Waals surface area contributed by atoms with Gasteiger partial charge in [-0.05, 0) is 70.8 Å². The quantitative estimate of drug-likeness (QED) is 0.414. The molecule has 0 saturated carbocycles. The minimum absolute atomic E-state index is 0.0350. The molecule has 1 N–H and O–H groups in total. The summed E-state index contributed by atoms with van der Waals surface area (Å²) in [6.45, 7) is 2.64. The molecule has 1 saturated heterocycles. The number of aliphatic carboxylic acids is 1. The molecule has 0 atom stereocenters. The number of ether oxygens (including phenoxy) is 1. The van der Waals surface area contributed by atoms with Crippen molar-refractivity contribution in [1.29, 1.82) is 0 Å². The average Bonchev–Trinajstić information content (AvgIpc) is 3.12. The fourth-order valence-electron chi connectivity index (χ4n) is 3.47. The van der Waals surface area contributed by atoms with E-state index in [1.165, 1.54) is 22.2 Å². The zero-order valence-corrected chi connectivity index (χ0v) is 20.4. The van der Waals surface area contributed by atoms with Gasteiger partial charge in [0.05, 0.1) is 17.0 Å². The van der Waals surface area contributed by atoms with E-state index in [0.717, 1.165) is 23.3 Å². The third-order valence-corrected chi connectivity index (χ3v) is 6.59. The molecule has 1 aliphatic rings. The van der Waals surface area contributed by atoms with Crippen LogP contribution in [-0.4, -0.2) is 34.1 Å². The van der Waals surface area contributed by atoms with E-state index in [-0.39, 0.29) is 12.3 Å². The summed E-state index contributed by atoms with van der Waals surface area (Å²) in [7, 11) is 1.69. The highest BCUT2D eigenvalue weighted by atomic mass is 32.2. The van der Waals surface area contributed by atoms with Gasteiger partial charge in [-0.3, -0.25) is 14.5 Å². The number of thioether (sulfide) groups is 1. The Balaban J connectivity index is 1.40. The van der Waals surface area contributed by atoms with Crippen LogP contribution in [0.25, 0.3) is 6.08 Å². The van der Waals surface area contributed by atoms with Crippen LogP contribution < -0.4 is 4.74 Å². The predicted molar refractivity (Wildman–Crippen MR) is 140 cm³/mol. The molecule has 1 fully saturated rings. The molecule has 35 heavy (non-hydrogen) atoms. The normalized spacial score (nSPS) is 15.7. The van der Waals surface area contributed by atoms with Crippen molar-refractivity contribution in [2.24, 2.45) is 4.99 Å². The van der Waals surface area contributed by atoms with Gasteiger partial charge in [0.25, 0.3) is 5.91 Å². The maximum absolute atomic E-state index is 12.7. The highest BCUT2D eigenvalue weighted by Crippen LogP contribution is 2.33. The van der Waals surface area contributed by atoms with Crippen molar-refractivity contribution >= 4 is 40.6 Å². The number of carboxylic acids is 1. The molecule has 6 nitrogen and oxygen atoms in total. The Bertz CT molecular complexity index is 1260. The Morgan fingerprint density at radius 2 is 1.60 bits per heavy atom. The van der Waals surface area contributed by atoms with Gasteiger partial charge in [-0.1, -0.05) is 55.5 Å². The van der Waals surface area contributed by atoms with Crippen LogP contribution >= 0.6 is 11.8 Å². The van der Waals surface area contributed by atoms with Gasteiger partial charge in [0.1, 0.15) is 12.4 Å². The Hall–Kier alpha value is -3.84. The van der Waals surface area contributed by atoms with E-state index in [4.69, 9.17) is 9.84 Å². The molecular weight excluding hydrogens is 460 g/mol. The van der Waals surface area contributed by atoms with Gasteiger partial charge < -0.3 is 9.84 Å². The monoisotopic (exact) mass is 486 g/mol. The van der Waals surface area contributed by atoms with E-state index < -0.39 is 5.97 Å². The number of hydrogen-bond acceptors (Lipinski definition) is 5. The highest BCUT2D eigenvalue weighted by molar-refractivity contribution is 8.18. The summed E-state index contributed by atoms with van der Waals surface area (Å²) in [5, 5.41) is 9.47. The second-order valence-corrected chi connectivity index (χ2v) is 9.14. The van der Waals surface area contributed by atoms with Gasteiger partial charge in [0.15, 0.2) is 5.17 Å². The number of amides is 1. The van der Waals surface area contributed by atoms with Crippen molar-refractivity contribution in [2.45, 2.75) is 26.4 Å². The second kappa shape index (κ2) is 11.1. The summed E-state index contributed by atoms with van der Waals surface area (Å²) in [5.41, 5.74) is 4.68. The topological polar surface area (TPSA) is 79.2 Å².